The third-order valence-electron chi connectivity index (χ3n) is 5.44. The summed E-state index contributed by atoms with van der Waals surface area (Å²) < 4.78 is 0. The third-order valence-corrected chi connectivity index (χ3v) is 5.69. The van der Waals surface area contributed by atoms with E-state index in [1.54, 1.807) is 6.21 Å². The number of benzene rings is 3. The van der Waals surface area contributed by atoms with Gasteiger partial charge in [0.05, 0.1) is 6.21 Å². The van der Waals surface area contributed by atoms with E-state index < -0.39 is 0 Å². The Morgan fingerprint density at radius 2 is 1.76 bits per heavy atom. The van der Waals surface area contributed by atoms with Crippen LogP contribution in [0.15, 0.2) is 71.8 Å². The number of halogens is 1. The lowest BCUT2D eigenvalue weighted by Crippen LogP contribution is -2.39. The van der Waals surface area contributed by atoms with Crippen molar-refractivity contribution in [3.8, 4) is 0 Å². The molecule has 3 aromatic carbocycles. The average Bonchev–Trinajstić information content (AvgIpc) is 2.76. The number of nitrogens with zero attached hydrogens (tertiary/aromatic N) is 2. The van der Waals surface area contributed by atoms with Crippen LogP contribution in [-0.2, 0) is 11.3 Å². The molecule has 0 aromatic heterocycles. The highest BCUT2D eigenvalue weighted by atomic mass is 35.5. The largest absolute Gasteiger partial charge is 0.299 e. The van der Waals surface area contributed by atoms with Crippen LogP contribution in [0.2, 0.25) is 5.02 Å². The minimum absolute atomic E-state index is 0.00758. The Morgan fingerprint density at radius 1 is 1.03 bits per heavy atom. The molecule has 1 saturated heterocycles. The first kappa shape index (κ1) is 19.6. The number of piperidine rings is 1. The van der Waals surface area contributed by atoms with Crippen LogP contribution in [0.5, 0.6) is 0 Å². The van der Waals surface area contributed by atoms with E-state index in [4.69, 9.17) is 11.6 Å². The second kappa shape index (κ2) is 9.21. The van der Waals surface area contributed by atoms with Gasteiger partial charge in [-0.05, 0) is 66.0 Å². The molecule has 0 saturated carbocycles. The third kappa shape index (κ3) is 5.22. The second-order valence-corrected chi connectivity index (χ2v) is 7.95. The minimum atomic E-state index is 0.00758. The summed E-state index contributed by atoms with van der Waals surface area (Å²) in [7, 11) is 0. The van der Waals surface area contributed by atoms with Gasteiger partial charge in [-0.3, -0.25) is 9.69 Å². The Balaban J connectivity index is 1.26. The number of hydrazone groups is 1. The van der Waals surface area contributed by atoms with Gasteiger partial charge in [0, 0.05) is 17.5 Å². The summed E-state index contributed by atoms with van der Waals surface area (Å²) in [5.41, 5.74) is 4.94. The van der Waals surface area contributed by atoms with E-state index in [2.05, 4.69) is 51.8 Å². The fourth-order valence-electron chi connectivity index (χ4n) is 3.75. The maximum Gasteiger partial charge on any atom is 0.243 e. The van der Waals surface area contributed by atoms with Gasteiger partial charge in [0.15, 0.2) is 0 Å². The summed E-state index contributed by atoms with van der Waals surface area (Å²) in [6.45, 7) is 2.72. The molecule has 1 amide bonds. The zero-order chi connectivity index (χ0) is 20.1. The molecule has 29 heavy (non-hydrogen) atoms. The van der Waals surface area contributed by atoms with Gasteiger partial charge in [0.2, 0.25) is 5.91 Å². The van der Waals surface area contributed by atoms with E-state index in [0.717, 1.165) is 48.4 Å². The fraction of sp³-hybridized carbons (Fsp3) is 0.250. The first-order valence-corrected chi connectivity index (χ1v) is 10.3. The van der Waals surface area contributed by atoms with Crippen molar-refractivity contribution in [2.75, 3.05) is 13.1 Å². The first-order valence-electron chi connectivity index (χ1n) is 9.96. The summed E-state index contributed by atoms with van der Waals surface area (Å²) in [4.78, 5) is 14.8. The van der Waals surface area contributed by atoms with Crippen LogP contribution in [-0.4, -0.2) is 30.1 Å². The molecule has 0 unspecified atom stereocenters. The van der Waals surface area contributed by atoms with Gasteiger partial charge in [-0.25, -0.2) is 5.43 Å². The van der Waals surface area contributed by atoms with E-state index in [-0.39, 0.29) is 11.8 Å². The number of hydrogen-bond donors (Lipinski definition) is 1. The number of hydrogen-bond acceptors (Lipinski definition) is 3. The molecule has 0 atom stereocenters. The molecule has 1 heterocycles. The highest BCUT2D eigenvalue weighted by Gasteiger charge is 2.24. The van der Waals surface area contributed by atoms with Gasteiger partial charge < -0.3 is 0 Å². The number of likely N-dealkylation sites (tertiary alicyclic amines) is 1. The molecule has 1 fully saturated rings. The zero-order valence-electron chi connectivity index (χ0n) is 16.2. The molecular formula is C24H24ClN3O. The van der Waals surface area contributed by atoms with Crippen LogP contribution in [0.25, 0.3) is 10.8 Å². The molecule has 1 N–H and O–H groups in total. The Kier molecular flexibility index (Phi) is 6.23. The predicted molar refractivity (Wildman–Crippen MR) is 119 cm³/mol. The molecule has 0 spiro atoms. The molecule has 0 bridgehead atoms. The van der Waals surface area contributed by atoms with E-state index in [1.807, 2.05) is 30.3 Å². The SMILES string of the molecule is O=C(N/N=C/c1ccc2ccccc2c1)C1CCN(Cc2ccc(Cl)cc2)CC1. The van der Waals surface area contributed by atoms with E-state index in [9.17, 15) is 4.79 Å². The Hall–Kier alpha value is -2.69. The van der Waals surface area contributed by atoms with Crippen LogP contribution in [0, 0.1) is 5.92 Å². The van der Waals surface area contributed by atoms with Gasteiger partial charge in [-0.15, -0.1) is 0 Å². The monoisotopic (exact) mass is 405 g/mol. The van der Waals surface area contributed by atoms with Gasteiger partial charge in [-0.2, -0.15) is 5.10 Å². The van der Waals surface area contributed by atoms with E-state index in [1.165, 1.54) is 10.9 Å². The molecule has 4 nitrogen and oxygen atoms in total. The van der Waals surface area contributed by atoms with E-state index in [0.29, 0.717) is 0 Å². The van der Waals surface area contributed by atoms with Crippen molar-refractivity contribution in [1.82, 2.24) is 10.3 Å². The van der Waals surface area contributed by atoms with Crippen molar-refractivity contribution < 1.29 is 4.79 Å². The molecule has 1 aliphatic rings. The molecule has 0 aliphatic carbocycles. The highest BCUT2D eigenvalue weighted by molar-refractivity contribution is 6.30. The zero-order valence-corrected chi connectivity index (χ0v) is 17.0. The Bertz CT molecular complexity index is 1010. The minimum Gasteiger partial charge on any atom is -0.299 e. The van der Waals surface area contributed by atoms with Crippen LogP contribution < -0.4 is 5.43 Å². The van der Waals surface area contributed by atoms with Crippen molar-refractivity contribution in [3.63, 3.8) is 0 Å². The molecule has 148 valence electrons. The molecule has 3 aromatic rings. The lowest BCUT2D eigenvalue weighted by atomic mass is 9.96. The number of carbonyl (C=O) groups excluding carboxylic acids is 1. The van der Waals surface area contributed by atoms with Crippen LogP contribution in [0.1, 0.15) is 24.0 Å². The maximum absolute atomic E-state index is 12.4. The molecule has 1 aliphatic heterocycles. The Labute approximate surface area is 176 Å². The summed E-state index contributed by atoms with van der Waals surface area (Å²) in [5.74, 6) is 0.0263. The van der Waals surface area contributed by atoms with Crippen molar-refractivity contribution in [3.05, 3.63) is 82.9 Å². The number of amides is 1. The summed E-state index contributed by atoms with van der Waals surface area (Å²) in [6.07, 6.45) is 3.41. The normalized spacial score (nSPS) is 15.8. The predicted octanol–water partition coefficient (Wildman–Crippen LogP) is 4.86. The van der Waals surface area contributed by atoms with Crippen molar-refractivity contribution >= 4 is 34.5 Å². The van der Waals surface area contributed by atoms with Crippen molar-refractivity contribution in [2.24, 2.45) is 11.0 Å². The van der Waals surface area contributed by atoms with Gasteiger partial charge in [0.25, 0.3) is 0 Å². The lowest BCUT2D eigenvalue weighted by Gasteiger charge is -2.30. The molecule has 5 heteroatoms. The molecule has 0 radical (unpaired) electrons. The van der Waals surface area contributed by atoms with Crippen LogP contribution >= 0.6 is 11.6 Å². The average molecular weight is 406 g/mol. The maximum atomic E-state index is 12.4. The lowest BCUT2D eigenvalue weighted by molar-refractivity contribution is -0.126. The quantitative estimate of drug-likeness (QED) is 0.487. The van der Waals surface area contributed by atoms with Gasteiger partial charge in [0.1, 0.15) is 0 Å². The first-order chi connectivity index (χ1) is 14.2. The smallest absolute Gasteiger partial charge is 0.243 e. The Morgan fingerprint density at radius 3 is 2.52 bits per heavy atom. The standard InChI is InChI=1S/C24H24ClN3O/c25-23-9-6-18(7-10-23)17-28-13-11-21(12-14-28)24(29)27-26-16-19-5-8-20-3-1-2-4-22(20)15-19/h1-10,15-16,21H,11-14,17H2,(H,27,29)/b26-16+. The summed E-state index contributed by atoms with van der Waals surface area (Å²) in [5, 5.41) is 7.28. The topological polar surface area (TPSA) is 44.7 Å². The van der Waals surface area contributed by atoms with Crippen molar-refractivity contribution in [1.29, 1.82) is 0 Å². The van der Waals surface area contributed by atoms with E-state index >= 15 is 0 Å². The summed E-state index contributed by atoms with van der Waals surface area (Å²) >= 11 is 5.95. The molecular weight excluding hydrogens is 382 g/mol. The van der Waals surface area contributed by atoms with Crippen LogP contribution in [0.4, 0.5) is 0 Å². The van der Waals surface area contributed by atoms with Crippen molar-refractivity contribution in [2.45, 2.75) is 19.4 Å². The number of rotatable bonds is 5. The fourth-order valence-corrected chi connectivity index (χ4v) is 3.88. The molecule has 4 rings (SSSR count). The summed E-state index contributed by atoms with van der Waals surface area (Å²) in [6, 6.07) is 22.3. The van der Waals surface area contributed by atoms with Gasteiger partial charge in [-0.1, -0.05) is 60.1 Å². The van der Waals surface area contributed by atoms with Gasteiger partial charge >= 0.3 is 0 Å². The highest BCUT2D eigenvalue weighted by Crippen LogP contribution is 2.20. The second-order valence-electron chi connectivity index (χ2n) is 7.52. The number of nitrogens with one attached hydrogen (secondary N) is 1. The number of fused-ring (bicyclic) bond motifs is 1. The number of carbonyl (C=O) groups is 1. The van der Waals surface area contributed by atoms with Crippen LogP contribution in [0.3, 0.4) is 0 Å².